The van der Waals surface area contributed by atoms with E-state index in [0.717, 1.165) is 0 Å². The molecular formula is C18H21ClN2O5S. The quantitative estimate of drug-likeness (QED) is 0.695. The van der Waals surface area contributed by atoms with Crippen LogP contribution in [-0.4, -0.2) is 34.1 Å². The lowest BCUT2D eigenvalue weighted by Crippen LogP contribution is -2.41. The van der Waals surface area contributed by atoms with Crippen molar-refractivity contribution in [2.24, 2.45) is 0 Å². The smallest absolute Gasteiger partial charge is 0.242 e. The van der Waals surface area contributed by atoms with Gasteiger partial charge in [-0.3, -0.25) is 4.79 Å². The number of halogens is 1. The summed E-state index contributed by atoms with van der Waals surface area (Å²) in [5.74, 6) is 0.540. The molecule has 9 heteroatoms. The Morgan fingerprint density at radius 1 is 1.19 bits per heavy atom. The molecule has 0 aliphatic heterocycles. The zero-order valence-corrected chi connectivity index (χ0v) is 16.7. The van der Waals surface area contributed by atoms with Crippen LogP contribution in [0.1, 0.15) is 13.8 Å². The summed E-state index contributed by atoms with van der Waals surface area (Å²) in [5, 5.41) is 2.81. The Kier molecular flexibility index (Phi) is 7.06. The zero-order chi connectivity index (χ0) is 20.0. The van der Waals surface area contributed by atoms with Crippen molar-refractivity contribution < 1.29 is 22.7 Å². The molecule has 0 aromatic heterocycles. The Hall–Kier alpha value is -2.29. The average molecular weight is 413 g/mol. The second-order valence-corrected chi connectivity index (χ2v) is 7.71. The third-order valence-electron chi connectivity index (χ3n) is 3.60. The molecule has 1 amide bonds. The van der Waals surface area contributed by atoms with Crippen LogP contribution >= 0.6 is 11.6 Å². The van der Waals surface area contributed by atoms with Crippen LogP contribution in [0.3, 0.4) is 0 Å². The van der Waals surface area contributed by atoms with Crippen molar-refractivity contribution in [2.45, 2.75) is 24.8 Å². The van der Waals surface area contributed by atoms with Crippen LogP contribution in [-0.2, 0) is 14.8 Å². The molecule has 0 aliphatic carbocycles. The number of methoxy groups -OCH3 is 1. The Morgan fingerprint density at radius 3 is 2.41 bits per heavy atom. The number of amides is 1. The van der Waals surface area contributed by atoms with Gasteiger partial charge >= 0.3 is 0 Å². The topological polar surface area (TPSA) is 93.7 Å². The van der Waals surface area contributed by atoms with E-state index >= 15 is 0 Å². The average Bonchev–Trinajstić information content (AvgIpc) is 2.63. The highest BCUT2D eigenvalue weighted by atomic mass is 35.5. The maximum Gasteiger partial charge on any atom is 0.242 e. The number of nitrogens with one attached hydrogen (secondary N) is 2. The van der Waals surface area contributed by atoms with Gasteiger partial charge in [0.2, 0.25) is 15.9 Å². The number of hydrogen-bond acceptors (Lipinski definition) is 5. The Bertz CT molecular complexity index is 900. The molecule has 0 heterocycles. The van der Waals surface area contributed by atoms with E-state index < -0.39 is 22.0 Å². The van der Waals surface area contributed by atoms with Crippen LogP contribution < -0.4 is 19.5 Å². The molecule has 0 radical (unpaired) electrons. The van der Waals surface area contributed by atoms with Crippen LogP contribution in [0.4, 0.5) is 5.69 Å². The minimum atomic E-state index is -3.93. The molecule has 7 nitrogen and oxygen atoms in total. The highest BCUT2D eigenvalue weighted by molar-refractivity contribution is 7.89. The number of anilines is 1. The number of sulfonamides is 1. The largest absolute Gasteiger partial charge is 0.497 e. The lowest BCUT2D eigenvalue weighted by Gasteiger charge is -2.15. The summed E-state index contributed by atoms with van der Waals surface area (Å²) in [4.78, 5) is 12.2. The van der Waals surface area contributed by atoms with Crippen LogP contribution in [0.15, 0.2) is 47.4 Å². The summed E-state index contributed by atoms with van der Waals surface area (Å²) >= 11 is 6.04. The van der Waals surface area contributed by atoms with Gasteiger partial charge in [0.25, 0.3) is 0 Å². The molecule has 0 spiro atoms. The molecule has 2 N–H and O–H groups in total. The van der Waals surface area contributed by atoms with Gasteiger partial charge in [0.15, 0.2) is 0 Å². The minimum Gasteiger partial charge on any atom is -0.497 e. The second kappa shape index (κ2) is 9.07. The third-order valence-corrected chi connectivity index (χ3v) is 5.43. The van der Waals surface area contributed by atoms with E-state index in [9.17, 15) is 13.2 Å². The molecule has 0 unspecified atom stereocenters. The van der Waals surface area contributed by atoms with Gasteiger partial charge in [0, 0.05) is 5.69 Å². The molecule has 2 rings (SSSR count). The van der Waals surface area contributed by atoms with E-state index in [0.29, 0.717) is 23.8 Å². The molecule has 0 bridgehead atoms. The lowest BCUT2D eigenvalue weighted by atomic mass is 10.2. The molecule has 0 fully saturated rings. The number of carbonyl (C=O) groups excluding carboxylic acids is 1. The van der Waals surface area contributed by atoms with Crippen molar-refractivity contribution in [2.75, 3.05) is 19.0 Å². The second-order valence-electron chi connectivity index (χ2n) is 5.59. The van der Waals surface area contributed by atoms with E-state index in [-0.39, 0.29) is 9.92 Å². The number of carbonyl (C=O) groups is 1. The summed E-state index contributed by atoms with van der Waals surface area (Å²) in [6.45, 7) is 3.66. The summed E-state index contributed by atoms with van der Waals surface area (Å²) in [6, 6.07) is 9.81. The Balaban J connectivity index is 2.07. The van der Waals surface area contributed by atoms with Gasteiger partial charge in [-0.2, -0.15) is 4.72 Å². The zero-order valence-electron chi connectivity index (χ0n) is 15.2. The van der Waals surface area contributed by atoms with Crippen LogP contribution in [0.2, 0.25) is 5.02 Å². The van der Waals surface area contributed by atoms with E-state index in [1.807, 2.05) is 0 Å². The number of rotatable bonds is 8. The molecule has 0 aliphatic rings. The van der Waals surface area contributed by atoms with E-state index in [1.165, 1.54) is 32.2 Å². The fourth-order valence-corrected chi connectivity index (χ4v) is 3.73. The summed E-state index contributed by atoms with van der Waals surface area (Å²) in [6.07, 6.45) is 0. The first-order chi connectivity index (χ1) is 12.8. The Morgan fingerprint density at radius 2 is 1.85 bits per heavy atom. The van der Waals surface area contributed by atoms with Gasteiger partial charge in [-0.25, -0.2) is 8.42 Å². The lowest BCUT2D eigenvalue weighted by molar-refractivity contribution is -0.117. The van der Waals surface area contributed by atoms with Crippen LogP contribution in [0.25, 0.3) is 0 Å². The third kappa shape index (κ3) is 5.59. The van der Waals surface area contributed by atoms with Gasteiger partial charge in [-0.15, -0.1) is 0 Å². The molecule has 0 saturated heterocycles. The minimum absolute atomic E-state index is 0.0555. The molecule has 146 valence electrons. The van der Waals surface area contributed by atoms with Crippen molar-refractivity contribution in [3.63, 3.8) is 0 Å². The fraction of sp³-hybridized carbons (Fsp3) is 0.278. The molecule has 2 aromatic carbocycles. The maximum atomic E-state index is 12.5. The standard InChI is InChI=1S/C18H21ClN2O5S/c1-4-26-17-10-9-15(11-16(17)19)27(23,24)21-12(2)18(22)20-13-5-7-14(25-3)8-6-13/h5-12,21H,4H2,1-3H3,(H,20,22)/t12-/m1/s1. The Labute approximate surface area is 163 Å². The molecule has 1 atom stereocenters. The molecule has 27 heavy (non-hydrogen) atoms. The highest BCUT2D eigenvalue weighted by Crippen LogP contribution is 2.27. The van der Waals surface area contributed by atoms with Crippen molar-refractivity contribution >= 4 is 33.2 Å². The van der Waals surface area contributed by atoms with E-state index in [1.54, 1.807) is 31.2 Å². The monoisotopic (exact) mass is 412 g/mol. The first-order valence-electron chi connectivity index (χ1n) is 8.16. The van der Waals surface area contributed by atoms with Crippen molar-refractivity contribution in [1.29, 1.82) is 0 Å². The number of ether oxygens (including phenoxy) is 2. The van der Waals surface area contributed by atoms with Gasteiger partial charge in [0.1, 0.15) is 11.5 Å². The van der Waals surface area contributed by atoms with E-state index in [4.69, 9.17) is 21.1 Å². The first-order valence-corrected chi connectivity index (χ1v) is 10.0. The predicted molar refractivity (Wildman–Crippen MR) is 104 cm³/mol. The molecule has 2 aromatic rings. The molecule has 0 saturated carbocycles. The van der Waals surface area contributed by atoms with Gasteiger partial charge in [-0.1, -0.05) is 11.6 Å². The fourth-order valence-electron chi connectivity index (χ4n) is 2.20. The summed E-state index contributed by atoms with van der Waals surface area (Å²) < 4.78 is 37.7. The van der Waals surface area contributed by atoms with Crippen molar-refractivity contribution in [3.8, 4) is 11.5 Å². The van der Waals surface area contributed by atoms with Crippen LogP contribution in [0.5, 0.6) is 11.5 Å². The molecular weight excluding hydrogens is 392 g/mol. The number of benzene rings is 2. The van der Waals surface area contributed by atoms with Gasteiger partial charge < -0.3 is 14.8 Å². The summed E-state index contributed by atoms with van der Waals surface area (Å²) in [5.41, 5.74) is 0.524. The van der Waals surface area contributed by atoms with Gasteiger partial charge in [-0.05, 0) is 56.3 Å². The first kappa shape index (κ1) is 21.0. The normalized spacial score (nSPS) is 12.3. The summed E-state index contributed by atoms with van der Waals surface area (Å²) in [7, 11) is -2.39. The SMILES string of the molecule is CCOc1ccc(S(=O)(=O)N[C@H](C)C(=O)Nc2ccc(OC)cc2)cc1Cl. The van der Waals surface area contributed by atoms with E-state index in [2.05, 4.69) is 10.0 Å². The number of hydrogen-bond donors (Lipinski definition) is 2. The van der Waals surface area contributed by atoms with Gasteiger partial charge in [0.05, 0.1) is 29.7 Å². The predicted octanol–water partition coefficient (Wildman–Crippen LogP) is 3.05. The van der Waals surface area contributed by atoms with Crippen molar-refractivity contribution in [3.05, 3.63) is 47.5 Å². The highest BCUT2D eigenvalue weighted by Gasteiger charge is 2.23. The maximum absolute atomic E-state index is 12.5. The van der Waals surface area contributed by atoms with Crippen molar-refractivity contribution in [1.82, 2.24) is 4.72 Å². The van der Waals surface area contributed by atoms with Crippen LogP contribution in [0, 0.1) is 0 Å².